The van der Waals surface area contributed by atoms with Crippen molar-refractivity contribution >= 4 is 38.8 Å². The van der Waals surface area contributed by atoms with Crippen molar-refractivity contribution in [2.45, 2.75) is 81.9 Å². The van der Waals surface area contributed by atoms with E-state index in [9.17, 15) is 36.7 Å². The number of aliphatic hydroxyl groups is 1. The zero-order valence-corrected chi connectivity index (χ0v) is 27.2. The van der Waals surface area contributed by atoms with Gasteiger partial charge in [0.1, 0.15) is 18.0 Å². The number of sulfonamides is 1. The Labute approximate surface area is 275 Å². The second kappa shape index (κ2) is 13.5. The van der Waals surface area contributed by atoms with Gasteiger partial charge in [0.05, 0.1) is 28.9 Å². The normalized spacial score (nSPS) is 24.3. The van der Waals surface area contributed by atoms with Crippen molar-refractivity contribution in [1.82, 2.24) is 24.2 Å². The predicted octanol–water partition coefficient (Wildman–Crippen LogP) is 3.01. The van der Waals surface area contributed by atoms with E-state index in [0.717, 1.165) is 11.6 Å². The quantitative estimate of drug-likeness (QED) is 0.269. The Bertz CT molecular complexity index is 1860. The Hall–Kier alpha value is -4.02. The maximum absolute atomic E-state index is 13.8. The molecule has 0 bridgehead atoms. The van der Waals surface area contributed by atoms with Crippen LogP contribution in [0.4, 0.5) is 14.7 Å². The van der Waals surface area contributed by atoms with Crippen molar-refractivity contribution in [3.8, 4) is 5.75 Å². The van der Waals surface area contributed by atoms with E-state index < -0.39 is 45.1 Å². The molecule has 2 aromatic heterocycles. The first-order valence-corrected chi connectivity index (χ1v) is 17.7. The van der Waals surface area contributed by atoms with E-state index >= 15 is 0 Å². The molecular formula is C32H38F2N6O7S. The van der Waals surface area contributed by atoms with Crippen LogP contribution in [0.3, 0.4) is 0 Å². The highest BCUT2D eigenvalue weighted by molar-refractivity contribution is 7.89. The molecule has 0 spiro atoms. The number of nitrogens with zero attached hydrogens (tertiary/aromatic N) is 4. The molecule has 0 radical (unpaired) electrons. The SMILES string of the molecule is CC1(O)CCCC1n1c(=O)c(C(F)F)cc2cnc(NC3CCN(S(=O)(=O)CCOc4ccc(C5CCC(=O)NC5=O)cc4)CC3)nc21. The molecule has 2 aliphatic heterocycles. The van der Waals surface area contributed by atoms with Gasteiger partial charge >= 0.3 is 0 Å². The number of alkyl halides is 2. The maximum Gasteiger partial charge on any atom is 0.269 e. The fraction of sp³-hybridized carbons (Fsp3) is 0.531. The lowest BCUT2D eigenvalue weighted by Gasteiger charge is -2.32. The number of benzene rings is 1. The highest BCUT2D eigenvalue weighted by atomic mass is 32.2. The summed E-state index contributed by atoms with van der Waals surface area (Å²) in [5.41, 5.74) is -1.92. The summed E-state index contributed by atoms with van der Waals surface area (Å²) in [6, 6.07) is 7.01. The Morgan fingerprint density at radius 2 is 1.85 bits per heavy atom. The number of piperidine rings is 2. The van der Waals surface area contributed by atoms with Crippen molar-refractivity contribution in [3.63, 3.8) is 0 Å². The van der Waals surface area contributed by atoms with E-state index in [4.69, 9.17) is 4.74 Å². The number of amides is 2. The summed E-state index contributed by atoms with van der Waals surface area (Å²) in [4.78, 5) is 45.5. The smallest absolute Gasteiger partial charge is 0.269 e. The zero-order chi connectivity index (χ0) is 34.2. The van der Waals surface area contributed by atoms with E-state index in [1.165, 1.54) is 15.1 Å². The Morgan fingerprint density at radius 3 is 2.50 bits per heavy atom. The average molecular weight is 689 g/mol. The number of imide groups is 1. The zero-order valence-electron chi connectivity index (χ0n) is 26.4. The van der Waals surface area contributed by atoms with Crippen molar-refractivity contribution in [2.24, 2.45) is 0 Å². The van der Waals surface area contributed by atoms with Gasteiger partial charge in [0, 0.05) is 37.1 Å². The molecule has 4 heterocycles. The van der Waals surface area contributed by atoms with Crippen LogP contribution < -0.4 is 20.9 Å². The second-order valence-electron chi connectivity index (χ2n) is 12.9. The third-order valence-electron chi connectivity index (χ3n) is 9.54. The maximum atomic E-state index is 13.8. The Kier molecular flexibility index (Phi) is 9.51. The standard InChI is InChI=1S/C32H38F2N6O7S/c1-32(44)12-2-3-25(32)40-28-20(17-24(27(33)34)30(40)43)18-35-31(38-28)36-21-10-13-39(14-11-21)48(45,46)16-15-47-22-6-4-19(5-7-22)23-8-9-26(41)37-29(23)42/h4-7,17-18,21,23,25,27,44H,2-3,8-16H2,1H3,(H,35,36,38)(H,37,41,42). The third kappa shape index (κ3) is 7.05. The van der Waals surface area contributed by atoms with Gasteiger partial charge in [0.15, 0.2) is 0 Å². The van der Waals surface area contributed by atoms with E-state index in [-0.39, 0.29) is 66.7 Å². The van der Waals surface area contributed by atoms with Gasteiger partial charge in [-0.05, 0) is 69.2 Å². The largest absolute Gasteiger partial charge is 0.492 e. The molecule has 258 valence electrons. The summed E-state index contributed by atoms with van der Waals surface area (Å²) in [6.07, 6.45) is 1.50. The van der Waals surface area contributed by atoms with Crippen LogP contribution in [0.1, 0.15) is 81.4 Å². The van der Waals surface area contributed by atoms with E-state index in [0.29, 0.717) is 44.3 Å². The van der Waals surface area contributed by atoms with E-state index in [2.05, 4.69) is 20.6 Å². The minimum absolute atomic E-state index is 0.0634. The van der Waals surface area contributed by atoms with Gasteiger partial charge in [0.2, 0.25) is 27.8 Å². The van der Waals surface area contributed by atoms with Crippen LogP contribution in [-0.2, 0) is 19.6 Å². The van der Waals surface area contributed by atoms with Gasteiger partial charge < -0.3 is 15.2 Å². The average Bonchev–Trinajstić information content (AvgIpc) is 3.39. The number of halogens is 2. The summed E-state index contributed by atoms with van der Waals surface area (Å²) in [6.45, 7) is 2.03. The number of hydrogen-bond donors (Lipinski definition) is 3. The van der Waals surface area contributed by atoms with Crippen molar-refractivity contribution in [2.75, 3.05) is 30.8 Å². The number of carbonyl (C=O) groups excluding carboxylic acids is 2. The summed E-state index contributed by atoms with van der Waals surface area (Å²) in [5, 5.41) is 16.7. The van der Waals surface area contributed by atoms with Crippen LogP contribution in [0, 0.1) is 0 Å². The van der Waals surface area contributed by atoms with Gasteiger partial charge in [-0.3, -0.25) is 24.3 Å². The molecule has 6 rings (SSSR count). The van der Waals surface area contributed by atoms with Crippen LogP contribution >= 0.6 is 0 Å². The van der Waals surface area contributed by atoms with Crippen molar-refractivity contribution in [3.05, 3.63) is 58.0 Å². The summed E-state index contributed by atoms with van der Waals surface area (Å²) < 4.78 is 61.9. The Morgan fingerprint density at radius 1 is 1.12 bits per heavy atom. The molecule has 48 heavy (non-hydrogen) atoms. The molecule has 1 saturated carbocycles. The lowest BCUT2D eigenvalue weighted by atomic mass is 9.90. The van der Waals surface area contributed by atoms with Crippen LogP contribution in [-0.4, -0.2) is 81.3 Å². The molecule has 3 unspecified atom stereocenters. The van der Waals surface area contributed by atoms with Crippen LogP contribution in [0.2, 0.25) is 0 Å². The summed E-state index contributed by atoms with van der Waals surface area (Å²) in [7, 11) is -3.62. The lowest BCUT2D eigenvalue weighted by Crippen LogP contribution is -2.44. The van der Waals surface area contributed by atoms with Crippen LogP contribution in [0.15, 0.2) is 41.3 Å². The number of carbonyl (C=O) groups is 2. The number of pyridine rings is 1. The molecular weight excluding hydrogens is 650 g/mol. The first-order chi connectivity index (χ1) is 22.8. The molecule has 3 fully saturated rings. The number of ether oxygens (including phenoxy) is 1. The molecule has 2 saturated heterocycles. The summed E-state index contributed by atoms with van der Waals surface area (Å²) in [5.74, 6) is -0.615. The van der Waals surface area contributed by atoms with Gasteiger partial charge in [-0.15, -0.1) is 0 Å². The molecule has 3 N–H and O–H groups in total. The molecule has 1 aliphatic carbocycles. The summed E-state index contributed by atoms with van der Waals surface area (Å²) >= 11 is 0. The number of rotatable bonds is 10. The van der Waals surface area contributed by atoms with Gasteiger partial charge in [-0.1, -0.05) is 12.1 Å². The topological polar surface area (TPSA) is 173 Å². The van der Waals surface area contributed by atoms with Crippen LogP contribution in [0.5, 0.6) is 5.75 Å². The van der Waals surface area contributed by atoms with Crippen molar-refractivity contribution < 1.29 is 36.6 Å². The molecule has 3 aliphatic rings. The molecule has 1 aromatic carbocycles. The fourth-order valence-corrected chi connectivity index (χ4v) is 8.18. The van der Waals surface area contributed by atoms with E-state index in [1.807, 2.05) is 0 Å². The molecule has 2 amide bonds. The minimum atomic E-state index is -3.62. The number of anilines is 1. The van der Waals surface area contributed by atoms with Crippen molar-refractivity contribution in [1.29, 1.82) is 0 Å². The molecule has 16 heteroatoms. The first kappa shape index (κ1) is 33.9. The van der Waals surface area contributed by atoms with Crippen LogP contribution in [0.25, 0.3) is 11.0 Å². The number of aromatic nitrogens is 3. The van der Waals surface area contributed by atoms with Gasteiger partial charge in [0.25, 0.3) is 12.0 Å². The molecule has 3 atom stereocenters. The second-order valence-corrected chi connectivity index (χ2v) is 15.0. The molecule has 13 nitrogen and oxygen atoms in total. The monoisotopic (exact) mass is 688 g/mol. The number of nitrogens with one attached hydrogen (secondary N) is 2. The van der Waals surface area contributed by atoms with E-state index in [1.54, 1.807) is 31.2 Å². The lowest BCUT2D eigenvalue weighted by molar-refractivity contribution is -0.134. The Balaban J connectivity index is 1.05. The number of hydrogen-bond acceptors (Lipinski definition) is 10. The first-order valence-electron chi connectivity index (χ1n) is 16.1. The minimum Gasteiger partial charge on any atom is -0.492 e. The highest BCUT2D eigenvalue weighted by Crippen LogP contribution is 2.40. The fourth-order valence-electron chi connectivity index (χ4n) is 6.86. The predicted molar refractivity (Wildman–Crippen MR) is 171 cm³/mol. The molecule has 3 aromatic rings. The third-order valence-corrected chi connectivity index (χ3v) is 11.4. The van der Waals surface area contributed by atoms with Gasteiger partial charge in [-0.25, -0.2) is 26.5 Å². The highest BCUT2D eigenvalue weighted by Gasteiger charge is 2.40. The van der Waals surface area contributed by atoms with Gasteiger partial charge in [-0.2, -0.15) is 4.98 Å². The number of fused-ring (bicyclic) bond motifs is 1.